The Morgan fingerprint density at radius 1 is 1.29 bits per heavy atom. The van der Waals surface area contributed by atoms with Gasteiger partial charge >= 0.3 is 0 Å². The first-order chi connectivity index (χ1) is 13.5. The van der Waals surface area contributed by atoms with Crippen molar-refractivity contribution in [2.45, 2.75) is 23.9 Å². The van der Waals surface area contributed by atoms with E-state index in [1.165, 1.54) is 17.8 Å². The summed E-state index contributed by atoms with van der Waals surface area (Å²) < 4.78 is 28.6. The number of aromatic nitrogens is 4. The summed E-state index contributed by atoms with van der Waals surface area (Å²) in [6.07, 6.45) is 5.02. The maximum absolute atomic E-state index is 13.8. The van der Waals surface area contributed by atoms with Gasteiger partial charge in [-0.1, -0.05) is 17.8 Å². The molecular formula is C19H17F2N5OS. The lowest BCUT2D eigenvalue weighted by molar-refractivity contribution is -0.115. The quantitative estimate of drug-likeness (QED) is 0.480. The lowest BCUT2D eigenvalue weighted by atomic mass is 10.2. The van der Waals surface area contributed by atoms with Crippen LogP contribution in [0.25, 0.3) is 11.4 Å². The molecule has 0 saturated carbocycles. The molecule has 2 aromatic heterocycles. The molecule has 0 bridgehead atoms. The first-order valence-corrected chi connectivity index (χ1v) is 9.24. The number of hydrogen-bond acceptors (Lipinski definition) is 5. The van der Waals surface area contributed by atoms with Crippen LogP contribution < -0.4 is 5.32 Å². The summed E-state index contributed by atoms with van der Waals surface area (Å²) in [4.78, 5) is 16.4. The number of carbonyl (C=O) groups is 1. The van der Waals surface area contributed by atoms with E-state index in [-0.39, 0.29) is 5.69 Å². The zero-order valence-corrected chi connectivity index (χ0v) is 15.8. The van der Waals surface area contributed by atoms with Crippen molar-refractivity contribution in [2.24, 2.45) is 0 Å². The number of anilines is 1. The number of benzene rings is 1. The molecule has 0 fully saturated rings. The van der Waals surface area contributed by atoms with Gasteiger partial charge in [0.05, 0.1) is 10.9 Å². The van der Waals surface area contributed by atoms with Crippen LogP contribution in [0.4, 0.5) is 14.5 Å². The molecule has 1 amide bonds. The fourth-order valence-electron chi connectivity index (χ4n) is 2.42. The summed E-state index contributed by atoms with van der Waals surface area (Å²) in [5.74, 6) is -1.35. The Bertz CT molecular complexity index is 993. The molecular weight excluding hydrogens is 384 g/mol. The lowest BCUT2D eigenvalue weighted by Crippen LogP contribution is -2.23. The third-order valence-corrected chi connectivity index (χ3v) is 4.89. The summed E-state index contributed by atoms with van der Waals surface area (Å²) in [5, 5.41) is 10.8. The number of pyridine rings is 1. The Kier molecular flexibility index (Phi) is 6.15. The summed E-state index contributed by atoms with van der Waals surface area (Å²) in [6.45, 7) is 5.87. The summed E-state index contributed by atoms with van der Waals surface area (Å²) >= 11 is 1.18. The van der Waals surface area contributed by atoms with Crippen LogP contribution in [0.3, 0.4) is 0 Å². The Hall–Kier alpha value is -3.07. The van der Waals surface area contributed by atoms with E-state index < -0.39 is 22.8 Å². The molecule has 0 spiro atoms. The number of thioether (sulfide) groups is 1. The molecule has 3 aromatic rings. The van der Waals surface area contributed by atoms with Gasteiger partial charge in [0.25, 0.3) is 0 Å². The van der Waals surface area contributed by atoms with E-state index in [2.05, 4.69) is 27.1 Å². The van der Waals surface area contributed by atoms with Gasteiger partial charge in [0, 0.05) is 30.6 Å². The normalized spacial score (nSPS) is 11.8. The predicted molar refractivity (Wildman–Crippen MR) is 104 cm³/mol. The molecule has 0 saturated heterocycles. The average molecular weight is 401 g/mol. The fraction of sp³-hybridized carbons (Fsp3) is 0.158. The van der Waals surface area contributed by atoms with Crippen molar-refractivity contribution in [2.75, 3.05) is 5.32 Å². The van der Waals surface area contributed by atoms with Gasteiger partial charge in [0.1, 0.15) is 11.6 Å². The van der Waals surface area contributed by atoms with Crippen LogP contribution in [0, 0.1) is 11.6 Å². The Labute approximate surface area is 164 Å². The molecule has 0 unspecified atom stereocenters. The molecule has 0 aliphatic rings. The number of rotatable bonds is 7. The van der Waals surface area contributed by atoms with Crippen LogP contribution in [-0.2, 0) is 11.3 Å². The van der Waals surface area contributed by atoms with Gasteiger partial charge in [-0.05, 0) is 31.2 Å². The number of nitrogens with one attached hydrogen (secondary N) is 1. The fourth-order valence-corrected chi connectivity index (χ4v) is 3.28. The minimum atomic E-state index is -0.833. The molecule has 1 atom stereocenters. The highest BCUT2D eigenvalue weighted by atomic mass is 32.2. The van der Waals surface area contributed by atoms with Crippen molar-refractivity contribution in [3.05, 3.63) is 67.0 Å². The zero-order chi connectivity index (χ0) is 20.1. The van der Waals surface area contributed by atoms with Gasteiger partial charge in [-0.2, -0.15) is 0 Å². The van der Waals surface area contributed by atoms with Crippen molar-refractivity contribution < 1.29 is 13.6 Å². The van der Waals surface area contributed by atoms with E-state index in [0.29, 0.717) is 17.5 Å². The molecule has 0 aliphatic heterocycles. The molecule has 6 nitrogen and oxygen atoms in total. The topological polar surface area (TPSA) is 72.7 Å². The molecule has 28 heavy (non-hydrogen) atoms. The van der Waals surface area contributed by atoms with E-state index in [1.807, 2.05) is 16.7 Å². The standard InChI is InChI=1S/C19H17F2N5OS/c1-3-10-26-17(13-6-8-22-9-7-13)24-25-19(26)28-12(2)18(27)23-16-5-4-14(20)11-15(16)21/h3-9,11-12H,1,10H2,2H3,(H,23,27)/t12-/m0/s1. The second-order valence-corrected chi connectivity index (χ2v) is 7.12. The maximum atomic E-state index is 13.8. The van der Waals surface area contributed by atoms with E-state index in [1.54, 1.807) is 25.4 Å². The smallest absolute Gasteiger partial charge is 0.237 e. The van der Waals surface area contributed by atoms with Crippen molar-refractivity contribution >= 4 is 23.4 Å². The molecule has 1 N–H and O–H groups in total. The molecule has 0 aliphatic carbocycles. The number of carbonyl (C=O) groups excluding carboxylic acids is 1. The molecule has 3 rings (SSSR count). The first-order valence-electron chi connectivity index (χ1n) is 8.36. The van der Waals surface area contributed by atoms with Crippen molar-refractivity contribution in [1.82, 2.24) is 19.7 Å². The van der Waals surface area contributed by atoms with E-state index in [9.17, 15) is 13.6 Å². The van der Waals surface area contributed by atoms with Crippen LogP contribution in [-0.4, -0.2) is 30.9 Å². The van der Waals surface area contributed by atoms with Gasteiger partial charge in [-0.25, -0.2) is 8.78 Å². The van der Waals surface area contributed by atoms with Crippen molar-refractivity contribution in [3.63, 3.8) is 0 Å². The summed E-state index contributed by atoms with van der Waals surface area (Å²) in [5.41, 5.74) is 0.755. The van der Waals surface area contributed by atoms with E-state index in [0.717, 1.165) is 17.7 Å². The van der Waals surface area contributed by atoms with Gasteiger partial charge in [-0.15, -0.1) is 16.8 Å². The third-order valence-electron chi connectivity index (χ3n) is 3.81. The maximum Gasteiger partial charge on any atom is 0.237 e. The molecule has 144 valence electrons. The highest BCUT2D eigenvalue weighted by molar-refractivity contribution is 8.00. The van der Waals surface area contributed by atoms with Gasteiger partial charge in [0.2, 0.25) is 5.91 Å². The predicted octanol–water partition coefficient (Wildman–Crippen LogP) is 3.92. The average Bonchev–Trinajstić information content (AvgIpc) is 3.07. The molecule has 1 aromatic carbocycles. The van der Waals surface area contributed by atoms with Gasteiger partial charge in [-0.3, -0.25) is 14.3 Å². The lowest BCUT2D eigenvalue weighted by Gasteiger charge is -2.13. The Morgan fingerprint density at radius 3 is 2.71 bits per heavy atom. The molecule has 0 radical (unpaired) electrons. The van der Waals surface area contributed by atoms with Crippen LogP contribution in [0.2, 0.25) is 0 Å². The summed E-state index contributed by atoms with van der Waals surface area (Å²) in [6, 6.07) is 6.60. The van der Waals surface area contributed by atoms with Crippen LogP contribution in [0.5, 0.6) is 0 Å². The second kappa shape index (κ2) is 8.75. The largest absolute Gasteiger partial charge is 0.323 e. The first kappa shape index (κ1) is 19.7. The van der Waals surface area contributed by atoms with Crippen LogP contribution >= 0.6 is 11.8 Å². The number of halogens is 2. The number of nitrogens with zero attached hydrogens (tertiary/aromatic N) is 4. The minimum Gasteiger partial charge on any atom is -0.323 e. The highest BCUT2D eigenvalue weighted by Gasteiger charge is 2.21. The van der Waals surface area contributed by atoms with Crippen LogP contribution in [0.1, 0.15) is 6.92 Å². The Balaban J connectivity index is 1.78. The molecule has 2 heterocycles. The summed E-state index contributed by atoms with van der Waals surface area (Å²) in [7, 11) is 0. The Morgan fingerprint density at radius 2 is 2.04 bits per heavy atom. The molecule has 9 heteroatoms. The SMILES string of the molecule is C=CCn1c(S[C@@H](C)C(=O)Nc2ccc(F)cc2F)nnc1-c1ccncc1. The van der Waals surface area contributed by atoms with Crippen molar-refractivity contribution in [1.29, 1.82) is 0 Å². The van der Waals surface area contributed by atoms with Crippen LogP contribution in [0.15, 0.2) is 60.5 Å². The van der Waals surface area contributed by atoms with Gasteiger partial charge in [0.15, 0.2) is 11.0 Å². The highest BCUT2D eigenvalue weighted by Crippen LogP contribution is 2.27. The number of amides is 1. The number of hydrogen-bond donors (Lipinski definition) is 1. The monoisotopic (exact) mass is 401 g/mol. The second-order valence-electron chi connectivity index (χ2n) is 5.81. The third kappa shape index (κ3) is 4.42. The van der Waals surface area contributed by atoms with Crippen molar-refractivity contribution in [3.8, 4) is 11.4 Å². The van der Waals surface area contributed by atoms with E-state index in [4.69, 9.17) is 0 Å². The minimum absolute atomic E-state index is 0.0797. The van der Waals surface area contributed by atoms with E-state index >= 15 is 0 Å². The number of allylic oxidation sites excluding steroid dienone is 1. The van der Waals surface area contributed by atoms with Gasteiger partial charge < -0.3 is 5.32 Å². The zero-order valence-electron chi connectivity index (χ0n) is 15.0.